The zero-order valence-electron chi connectivity index (χ0n) is 20.0. The number of carbonyl (C=O) groups excluding carboxylic acids is 6. The normalized spacial score (nSPS) is 15.2. The van der Waals surface area contributed by atoms with E-state index in [0.717, 1.165) is 0 Å². The lowest BCUT2D eigenvalue weighted by Crippen LogP contribution is -2.48. The Morgan fingerprint density at radius 3 is 1.88 bits per heavy atom. The van der Waals surface area contributed by atoms with Crippen LogP contribution in [0.3, 0.4) is 0 Å². The minimum Gasteiger partial charge on any atom is -0.481 e. The smallest absolute Gasteiger partial charge is 0.303 e. The molecule has 0 aromatic rings. The van der Waals surface area contributed by atoms with Gasteiger partial charge in [0.1, 0.15) is 5.78 Å². The molecule has 192 valence electrons. The standard InChI is InChI=1S/C22H35N3O9/c1-11(21(33)24-13(3)17(28)6-7-19(23)30)9-18(29)16(5-8-20(31)32)25-22(34)15(14(4)27)10-12(2)26/h11,13-16,27H,5-10H2,1-4H3,(H2,23,30)(H,24,33)(H,25,34)(H,31,32). The number of carbonyl (C=O) groups is 7. The first-order valence-corrected chi connectivity index (χ1v) is 11.0. The van der Waals surface area contributed by atoms with Crippen molar-refractivity contribution in [2.24, 2.45) is 17.6 Å². The summed E-state index contributed by atoms with van der Waals surface area (Å²) in [6.45, 7) is 5.42. The molecule has 0 rings (SSSR count). The van der Waals surface area contributed by atoms with E-state index in [4.69, 9.17) is 10.8 Å². The van der Waals surface area contributed by atoms with Crippen molar-refractivity contribution >= 4 is 41.0 Å². The maximum absolute atomic E-state index is 12.8. The first-order valence-electron chi connectivity index (χ1n) is 11.0. The lowest BCUT2D eigenvalue weighted by atomic mass is 9.93. The van der Waals surface area contributed by atoms with E-state index in [2.05, 4.69) is 10.6 Å². The van der Waals surface area contributed by atoms with Gasteiger partial charge in [0.2, 0.25) is 17.7 Å². The lowest BCUT2D eigenvalue weighted by molar-refractivity contribution is -0.139. The van der Waals surface area contributed by atoms with Gasteiger partial charge in [0.15, 0.2) is 11.6 Å². The highest BCUT2D eigenvalue weighted by Crippen LogP contribution is 2.14. The van der Waals surface area contributed by atoms with Crippen molar-refractivity contribution in [3.05, 3.63) is 0 Å². The predicted octanol–water partition coefficient (Wildman–Crippen LogP) is -0.753. The van der Waals surface area contributed by atoms with E-state index in [0.29, 0.717) is 0 Å². The minimum atomic E-state index is -1.25. The molecule has 0 aromatic carbocycles. The van der Waals surface area contributed by atoms with E-state index < -0.39 is 71.7 Å². The van der Waals surface area contributed by atoms with E-state index in [1.807, 2.05) is 0 Å². The molecule has 0 saturated carbocycles. The number of hydrogen-bond donors (Lipinski definition) is 5. The number of carboxylic acid groups (broad SMARTS) is 1. The first-order chi connectivity index (χ1) is 15.6. The molecule has 0 aromatic heterocycles. The molecule has 12 nitrogen and oxygen atoms in total. The average molecular weight is 486 g/mol. The topological polar surface area (TPSA) is 210 Å². The number of amides is 3. The Labute approximate surface area is 198 Å². The number of nitrogens with two attached hydrogens (primary N) is 1. The van der Waals surface area contributed by atoms with Crippen LogP contribution in [0.25, 0.3) is 0 Å². The van der Waals surface area contributed by atoms with E-state index in [9.17, 15) is 38.7 Å². The fourth-order valence-corrected chi connectivity index (χ4v) is 3.09. The number of rotatable bonds is 17. The Hall–Kier alpha value is -3.15. The van der Waals surface area contributed by atoms with Gasteiger partial charge in [0.25, 0.3) is 0 Å². The van der Waals surface area contributed by atoms with Crippen LogP contribution in [0, 0.1) is 11.8 Å². The molecular weight excluding hydrogens is 450 g/mol. The molecule has 0 saturated heterocycles. The highest BCUT2D eigenvalue weighted by atomic mass is 16.4. The summed E-state index contributed by atoms with van der Waals surface area (Å²) in [5.41, 5.74) is 5.00. The molecule has 0 fully saturated rings. The minimum absolute atomic E-state index is 0.141. The molecule has 0 aliphatic heterocycles. The summed E-state index contributed by atoms with van der Waals surface area (Å²) in [5, 5.41) is 23.6. The van der Waals surface area contributed by atoms with Crippen molar-refractivity contribution in [1.82, 2.24) is 10.6 Å². The van der Waals surface area contributed by atoms with E-state index in [1.54, 1.807) is 0 Å². The molecule has 5 atom stereocenters. The van der Waals surface area contributed by atoms with Gasteiger partial charge in [-0.2, -0.15) is 0 Å². The monoisotopic (exact) mass is 485 g/mol. The van der Waals surface area contributed by atoms with Crippen LogP contribution < -0.4 is 16.4 Å². The van der Waals surface area contributed by atoms with Crippen LogP contribution >= 0.6 is 0 Å². The lowest BCUT2D eigenvalue weighted by Gasteiger charge is -2.24. The van der Waals surface area contributed by atoms with Crippen molar-refractivity contribution < 1.29 is 43.8 Å². The molecule has 0 radical (unpaired) electrons. The number of aliphatic hydroxyl groups excluding tert-OH is 1. The van der Waals surface area contributed by atoms with Crippen molar-refractivity contribution in [2.45, 2.75) is 84.4 Å². The molecule has 0 aliphatic carbocycles. The number of nitrogens with one attached hydrogen (secondary N) is 2. The number of primary amides is 1. The van der Waals surface area contributed by atoms with Crippen molar-refractivity contribution in [1.29, 1.82) is 0 Å². The summed E-state index contributed by atoms with van der Waals surface area (Å²) in [4.78, 5) is 82.9. The van der Waals surface area contributed by atoms with E-state index in [1.165, 1.54) is 27.7 Å². The molecule has 34 heavy (non-hydrogen) atoms. The van der Waals surface area contributed by atoms with Gasteiger partial charge in [0, 0.05) is 38.0 Å². The second kappa shape index (κ2) is 14.9. The van der Waals surface area contributed by atoms with Gasteiger partial charge in [-0.15, -0.1) is 0 Å². The summed E-state index contributed by atoms with van der Waals surface area (Å²) < 4.78 is 0. The number of hydrogen-bond acceptors (Lipinski definition) is 8. The van der Waals surface area contributed by atoms with Crippen LogP contribution in [0.1, 0.15) is 66.2 Å². The molecule has 3 amide bonds. The fourth-order valence-electron chi connectivity index (χ4n) is 3.09. The molecule has 0 aliphatic rings. The van der Waals surface area contributed by atoms with Gasteiger partial charge in [-0.05, 0) is 27.2 Å². The van der Waals surface area contributed by atoms with E-state index in [-0.39, 0.29) is 37.9 Å². The van der Waals surface area contributed by atoms with Crippen molar-refractivity contribution in [3.63, 3.8) is 0 Å². The van der Waals surface area contributed by atoms with Gasteiger partial charge in [-0.3, -0.25) is 28.8 Å². The molecule has 12 heteroatoms. The third kappa shape index (κ3) is 12.2. The van der Waals surface area contributed by atoms with E-state index >= 15 is 0 Å². The van der Waals surface area contributed by atoms with Crippen LogP contribution in [-0.2, 0) is 33.6 Å². The molecular formula is C22H35N3O9. The molecule has 0 bridgehead atoms. The van der Waals surface area contributed by atoms with Gasteiger partial charge in [-0.25, -0.2) is 0 Å². The summed E-state index contributed by atoms with van der Waals surface area (Å²) >= 11 is 0. The SMILES string of the molecule is CC(=O)CC(C(=O)NC(CCC(=O)O)C(=O)CC(C)C(=O)NC(C)C(=O)CCC(N)=O)C(C)O. The van der Waals surface area contributed by atoms with Crippen LogP contribution in [0.5, 0.6) is 0 Å². The highest BCUT2D eigenvalue weighted by molar-refractivity contribution is 5.95. The number of Topliss-reactive ketones (excluding diaryl/α,β-unsaturated/α-hetero) is 3. The van der Waals surface area contributed by atoms with Crippen LogP contribution in [0.15, 0.2) is 0 Å². The summed E-state index contributed by atoms with van der Waals surface area (Å²) in [6, 6.07) is -2.16. The van der Waals surface area contributed by atoms with Crippen LogP contribution in [0.4, 0.5) is 0 Å². The molecule has 0 spiro atoms. The number of aliphatic hydroxyl groups is 1. The van der Waals surface area contributed by atoms with Gasteiger partial charge < -0.3 is 31.4 Å². The highest BCUT2D eigenvalue weighted by Gasteiger charge is 2.31. The van der Waals surface area contributed by atoms with Crippen LogP contribution in [-0.4, -0.2) is 69.4 Å². The fraction of sp³-hybridized carbons (Fsp3) is 0.682. The Kier molecular flexibility index (Phi) is 13.5. The Bertz CT molecular complexity index is 794. The Morgan fingerprint density at radius 2 is 1.41 bits per heavy atom. The maximum Gasteiger partial charge on any atom is 0.303 e. The Balaban J connectivity index is 5.21. The largest absolute Gasteiger partial charge is 0.481 e. The Morgan fingerprint density at radius 1 is 0.824 bits per heavy atom. The van der Waals surface area contributed by atoms with Crippen molar-refractivity contribution in [2.75, 3.05) is 0 Å². The zero-order valence-corrected chi connectivity index (χ0v) is 20.0. The number of aliphatic carboxylic acids is 1. The summed E-state index contributed by atoms with van der Waals surface area (Å²) in [6.07, 6.45) is -2.78. The van der Waals surface area contributed by atoms with Crippen LogP contribution in [0.2, 0.25) is 0 Å². The second-order valence-corrected chi connectivity index (χ2v) is 8.48. The number of carboxylic acids is 1. The third-order valence-electron chi connectivity index (χ3n) is 5.19. The van der Waals surface area contributed by atoms with Gasteiger partial charge in [0.05, 0.1) is 24.1 Å². The second-order valence-electron chi connectivity index (χ2n) is 8.48. The molecule has 0 heterocycles. The first kappa shape index (κ1) is 30.8. The summed E-state index contributed by atoms with van der Waals surface area (Å²) in [7, 11) is 0. The molecule has 5 unspecified atom stereocenters. The average Bonchev–Trinajstić information content (AvgIpc) is 2.71. The zero-order chi connectivity index (χ0) is 26.6. The van der Waals surface area contributed by atoms with Gasteiger partial charge in [-0.1, -0.05) is 6.92 Å². The molecule has 6 N–H and O–H groups in total. The predicted molar refractivity (Wildman–Crippen MR) is 119 cm³/mol. The number of ketones is 3. The third-order valence-corrected chi connectivity index (χ3v) is 5.19. The maximum atomic E-state index is 12.8. The quantitative estimate of drug-likeness (QED) is 0.175. The van der Waals surface area contributed by atoms with Gasteiger partial charge >= 0.3 is 5.97 Å². The summed E-state index contributed by atoms with van der Waals surface area (Å²) in [5.74, 6) is -6.64. The van der Waals surface area contributed by atoms with Crippen molar-refractivity contribution in [3.8, 4) is 0 Å².